The molecule has 3 rings (SSSR count). The summed E-state index contributed by atoms with van der Waals surface area (Å²) in [6.45, 7) is 0.680. The van der Waals surface area contributed by atoms with E-state index in [1.165, 1.54) is 49.5 Å². The van der Waals surface area contributed by atoms with E-state index in [9.17, 15) is 4.39 Å². The minimum absolute atomic E-state index is 0.292. The summed E-state index contributed by atoms with van der Waals surface area (Å²) in [4.78, 5) is 2.32. The van der Waals surface area contributed by atoms with Gasteiger partial charge in [-0.25, -0.2) is 9.07 Å². The van der Waals surface area contributed by atoms with Gasteiger partial charge in [0.2, 0.25) is 5.13 Å². The second-order valence-electron chi connectivity index (χ2n) is 5.97. The van der Waals surface area contributed by atoms with Gasteiger partial charge in [-0.2, -0.15) is 0 Å². The third-order valence-corrected chi connectivity index (χ3v) is 5.50. The van der Waals surface area contributed by atoms with Gasteiger partial charge in [-0.05, 0) is 44.2 Å². The van der Waals surface area contributed by atoms with Gasteiger partial charge >= 0.3 is 0 Å². The van der Waals surface area contributed by atoms with Crippen LogP contribution in [0.4, 0.5) is 15.2 Å². The fraction of sp³-hybridized carbons (Fsp3) is 0.500. The maximum Gasteiger partial charge on any atom is 0.209 e. The Morgan fingerprint density at radius 3 is 2.83 bits per heavy atom. The summed E-state index contributed by atoms with van der Waals surface area (Å²) in [5, 5.41) is 8.13. The van der Waals surface area contributed by atoms with Crippen LogP contribution >= 0.6 is 23.6 Å². The van der Waals surface area contributed by atoms with Crippen molar-refractivity contribution in [2.75, 3.05) is 12.4 Å². The number of anilines is 2. The number of aromatic nitrogens is 2. The Balaban J connectivity index is 1.68. The van der Waals surface area contributed by atoms with E-state index in [1.54, 1.807) is 18.2 Å². The summed E-state index contributed by atoms with van der Waals surface area (Å²) in [5.41, 5.74) is 0.420. The summed E-state index contributed by atoms with van der Waals surface area (Å²) in [6.07, 6.45) is 6.44. The molecule has 2 aromatic rings. The fourth-order valence-corrected chi connectivity index (χ4v) is 3.98. The number of para-hydroxylation sites is 1. The molecule has 23 heavy (non-hydrogen) atoms. The van der Waals surface area contributed by atoms with Gasteiger partial charge in [-0.15, -0.1) is 5.10 Å². The first-order valence-corrected chi connectivity index (χ1v) is 9.16. The van der Waals surface area contributed by atoms with Crippen molar-refractivity contribution < 1.29 is 4.39 Å². The van der Waals surface area contributed by atoms with Gasteiger partial charge < -0.3 is 5.32 Å². The van der Waals surface area contributed by atoms with Gasteiger partial charge in [-0.1, -0.05) is 42.7 Å². The maximum absolute atomic E-state index is 13.7. The van der Waals surface area contributed by atoms with Gasteiger partial charge in [0.15, 0.2) is 3.95 Å². The zero-order chi connectivity index (χ0) is 16.2. The van der Waals surface area contributed by atoms with Crippen molar-refractivity contribution in [3.8, 4) is 0 Å². The Kier molecular flexibility index (Phi) is 5.40. The molecular formula is C16H21FN4S2. The average molecular weight is 353 g/mol. The van der Waals surface area contributed by atoms with Crippen molar-refractivity contribution in [1.29, 1.82) is 0 Å². The number of rotatable bonds is 5. The molecule has 0 spiro atoms. The first-order valence-electron chi connectivity index (χ1n) is 7.93. The molecular weight excluding hydrogens is 331 g/mol. The molecule has 0 radical (unpaired) electrons. The number of hydrogen-bond donors (Lipinski definition) is 1. The second-order valence-corrected chi connectivity index (χ2v) is 7.59. The van der Waals surface area contributed by atoms with E-state index < -0.39 is 0 Å². The number of nitrogens with one attached hydrogen (secondary N) is 1. The van der Waals surface area contributed by atoms with E-state index in [-0.39, 0.29) is 5.82 Å². The van der Waals surface area contributed by atoms with Gasteiger partial charge in [-0.3, -0.25) is 4.90 Å². The van der Waals surface area contributed by atoms with Crippen LogP contribution in [0.15, 0.2) is 24.3 Å². The van der Waals surface area contributed by atoms with Gasteiger partial charge in [0.25, 0.3) is 0 Å². The molecule has 7 heteroatoms. The SMILES string of the molecule is CN(Cn1nc(Nc2ccccc2F)sc1=S)C1CCCCC1. The van der Waals surface area contributed by atoms with Crippen molar-refractivity contribution in [3.05, 3.63) is 34.0 Å². The second kappa shape index (κ2) is 7.51. The van der Waals surface area contributed by atoms with E-state index in [1.807, 2.05) is 4.68 Å². The predicted octanol–water partition coefficient (Wildman–Crippen LogP) is 4.78. The molecule has 1 aromatic heterocycles. The molecule has 4 nitrogen and oxygen atoms in total. The van der Waals surface area contributed by atoms with Gasteiger partial charge in [0.1, 0.15) is 5.82 Å². The Hall–Kier alpha value is -1.31. The fourth-order valence-electron chi connectivity index (χ4n) is 2.97. The number of hydrogen-bond acceptors (Lipinski definition) is 5. The third kappa shape index (κ3) is 4.16. The Morgan fingerprint density at radius 2 is 2.09 bits per heavy atom. The van der Waals surface area contributed by atoms with Crippen LogP contribution in [0.2, 0.25) is 0 Å². The highest BCUT2D eigenvalue weighted by atomic mass is 32.1. The zero-order valence-electron chi connectivity index (χ0n) is 13.2. The Labute approximate surface area is 144 Å². The van der Waals surface area contributed by atoms with E-state index in [4.69, 9.17) is 12.2 Å². The van der Waals surface area contributed by atoms with Crippen LogP contribution in [-0.4, -0.2) is 27.8 Å². The molecule has 0 bridgehead atoms. The van der Waals surface area contributed by atoms with Crippen molar-refractivity contribution in [3.63, 3.8) is 0 Å². The molecule has 0 unspecified atom stereocenters. The molecule has 0 saturated heterocycles. The molecule has 1 aromatic carbocycles. The van der Waals surface area contributed by atoms with Crippen molar-refractivity contribution in [2.45, 2.75) is 44.8 Å². The lowest BCUT2D eigenvalue weighted by Crippen LogP contribution is -2.35. The topological polar surface area (TPSA) is 33.1 Å². The maximum atomic E-state index is 13.7. The van der Waals surface area contributed by atoms with E-state index in [2.05, 4.69) is 22.4 Å². The van der Waals surface area contributed by atoms with Crippen LogP contribution in [0.3, 0.4) is 0 Å². The van der Waals surface area contributed by atoms with Crippen LogP contribution in [0, 0.1) is 9.77 Å². The molecule has 1 aliphatic carbocycles. The van der Waals surface area contributed by atoms with Gasteiger partial charge in [0.05, 0.1) is 12.4 Å². The number of benzene rings is 1. The first kappa shape index (κ1) is 16.5. The first-order chi connectivity index (χ1) is 11.1. The largest absolute Gasteiger partial charge is 0.328 e. The van der Waals surface area contributed by atoms with E-state index >= 15 is 0 Å². The van der Waals surface area contributed by atoms with Crippen LogP contribution in [-0.2, 0) is 6.67 Å². The van der Waals surface area contributed by atoms with E-state index in [0.717, 1.165) is 0 Å². The molecule has 1 fully saturated rings. The van der Waals surface area contributed by atoms with E-state index in [0.29, 0.717) is 27.5 Å². The number of nitrogens with zero attached hydrogens (tertiary/aromatic N) is 3. The summed E-state index contributed by atoms with van der Waals surface area (Å²) in [5.74, 6) is -0.292. The third-order valence-electron chi connectivity index (χ3n) is 4.28. The zero-order valence-corrected chi connectivity index (χ0v) is 14.8. The Bertz CT molecular complexity index is 706. The van der Waals surface area contributed by atoms with Gasteiger partial charge in [0, 0.05) is 6.04 Å². The van der Waals surface area contributed by atoms with Crippen molar-refractivity contribution in [1.82, 2.24) is 14.7 Å². The highest BCUT2D eigenvalue weighted by Gasteiger charge is 2.19. The smallest absolute Gasteiger partial charge is 0.209 e. The number of halogens is 1. The monoisotopic (exact) mass is 352 g/mol. The summed E-state index contributed by atoms with van der Waals surface area (Å²) in [7, 11) is 2.13. The van der Waals surface area contributed by atoms with Crippen molar-refractivity contribution in [2.24, 2.45) is 0 Å². The molecule has 1 heterocycles. The van der Waals surface area contributed by atoms with Crippen molar-refractivity contribution >= 4 is 34.4 Å². The lowest BCUT2D eigenvalue weighted by molar-refractivity contribution is 0.146. The molecule has 1 saturated carbocycles. The summed E-state index contributed by atoms with van der Waals surface area (Å²) in [6, 6.07) is 7.18. The average Bonchev–Trinajstić information content (AvgIpc) is 2.90. The van der Waals surface area contributed by atoms with Crippen LogP contribution in [0.5, 0.6) is 0 Å². The highest BCUT2D eigenvalue weighted by molar-refractivity contribution is 7.73. The summed E-state index contributed by atoms with van der Waals surface area (Å²) < 4.78 is 16.2. The predicted molar refractivity (Wildman–Crippen MR) is 95.3 cm³/mol. The lowest BCUT2D eigenvalue weighted by Gasteiger charge is -2.30. The quantitative estimate of drug-likeness (QED) is 0.785. The summed E-state index contributed by atoms with van der Waals surface area (Å²) >= 11 is 6.77. The van der Waals surface area contributed by atoms with Crippen LogP contribution in [0.25, 0.3) is 0 Å². The molecule has 0 aliphatic heterocycles. The molecule has 0 amide bonds. The van der Waals surface area contributed by atoms with Crippen LogP contribution in [0.1, 0.15) is 32.1 Å². The minimum atomic E-state index is -0.292. The lowest BCUT2D eigenvalue weighted by atomic mass is 9.95. The standard InChI is InChI=1S/C16H21FN4S2/c1-20(12-7-3-2-4-8-12)11-21-16(22)23-15(19-21)18-14-10-6-5-9-13(14)17/h5-6,9-10,12H,2-4,7-8,11H2,1H3,(H,18,19). The molecule has 1 aliphatic rings. The Morgan fingerprint density at radius 1 is 1.35 bits per heavy atom. The molecule has 1 N–H and O–H groups in total. The molecule has 124 valence electrons. The highest BCUT2D eigenvalue weighted by Crippen LogP contribution is 2.24. The molecule has 0 atom stereocenters. The normalized spacial score (nSPS) is 16.0. The minimum Gasteiger partial charge on any atom is -0.328 e. The van der Waals surface area contributed by atoms with Crippen LogP contribution < -0.4 is 5.32 Å².